The molecule has 132 valence electrons. The molecule has 5 nitrogen and oxygen atoms in total. The summed E-state index contributed by atoms with van der Waals surface area (Å²) in [5.74, 6) is 0.187. The number of piperazine rings is 1. The molecule has 24 heavy (non-hydrogen) atoms. The fourth-order valence-electron chi connectivity index (χ4n) is 3.73. The predicted octanol–water partition coefficient (Wildman–Crippen LogP) is 1.54. The zero-order valence-electron chi connectivity index (χ0n) is 15.0. The van der Waals surface area contributed by atoms with Crippen LogP contribution in [0.3, 0.4) is 0 Å². The van der Waals surface area contributed by atoms with Crippen LogP contribution >= 0.6 is 0 Å². The Morgan fingerprint density at radius 1 is 1.04 bits per heavy atom. The standard InChI is InChI=1S/C19H30N4O/c1-16(24)22-11-13-23(14-12-22)19-5-3-17(4-6-19)15-21-9-7-18(20-2)8-10-21/h3-6,18,20H,7-15H2,1-2H3. The maximum Gasteiger partial charge on any atom is 0.219 e. The summed E-state index contributed by atoms with van der Waals surface area (Å²) in [6.07, 6.45) is 2.49. The molecule has 5 heteroatoms. The lowest BCUT2D eigenvalue weighted by Gasteiger charge is -2.36. The number of carbonyl (C=O) groups is 1. The number of hydrogen-bond donors (Lipinski definition) is 1. The third kappa shape index (κ3) is 4.28. The number of anilines is 1. The second kappa shape index (κ2) is 7.99. The molecule has 2 heterocycles. The van der Waals surface area contributed by atoms with Gasteiger partial charge in [0.15, 0.2) is 0 Å². The number of hydrogen-bond acceptors (Lipinski definition) is 4. The molecule has 0 aliphatic carbocycles. The van der Waals surface area contributed by atoms with E-state index < -0.39 is 0 Å². The molecule has 0 bridgehead atoms. The Morgan fingerprint density at radius 3 is 2.21 bits per heavy atom. The molecule has 3 rings (SSSR count). The molecule has 0 spiro atoms. The fraction of sp³-hybridized carbons (Fsp3) is 0.632. The van der Waals surface area contributed by atoms with Gasteiger partial charge in [-0.05, 0) is 50.7 Å². The van der Waals surface area contributed by atoms with Crippen molar-refractivity contribution in [1.82, 2.24) is 15.1 Å². The number of piperidine rings is 1. The van der Waals surface area contributed by atoms with Crippen molar-refractivity contribution in [2.24, 2.45) is 0 Å². The van der Waals surface area contributed by atoms with Gasteiger partial charge in [0.2, 0.25) is 5.91 Å². The summed E-state index contributed by atoms with van der Waals surface area (Å²) in [6, 6.07) is 9.68. The Labute approximate surface area is 145 Å². The molecule has 0 unspecified atom stereocenters. The number of rotatable bonds is 4. The summed E-state index contributed by atoms with van der Waals surface area (Å²) < 4.78 is 0. The summed E-state index contributed by atoms with van der Waals surface area (Å²) in [4.78, 5) is 18.3. The van der Waals surface area contributed by atoms with Gasteiger partial charge in [-0.2, -0.15) is 0 Å². The van der Waals surface area contributed by atoms with Crippen LogP contribution in [0.25, 0.3) is 0 Å². The summed E-state index contributed by atoms with van der Waals surface area (Å²) >= 11 is 0. The van der Waals surface area contributed by atoms with E-state index in [4.69, 9.17) is 0 Å². The quantitative estimate of drug-likeness (QED) is 0.909. The molecule has 0 saturated carbocycles. The molecule has 0 aromatic heterocycles. The highest BCUT2D eigenvalue weighted by atomic mass is 16.2. The highest BCUT2D eigenvalue weighted by Crippen LogP contribution is 2.19. The van der Waals surface area contributed by atoms with E-state index in [2.05, 4.69) is 46.4 Å². The lowest BCUT2D eigenvalue weighted by molar-refractivity contribution is -0.129. The van der Waals surface area contributed by atoms with Gasteiger partial charge in [-0.25, -0.2) is 0 Å². The van der Waals surface area contributed by atoms with E-state index in [-0.39, 0.29) is 5.91 Å². The topological polar surface area (TPSA) is 38.8 Å². The second-order valence-electron chi connectivity index (χ2n) is 7.00. The van der Waals surface area contributed by atoms with Crippen LogP contribution in [-0.4, -0.2) is 68.1 Å². The minimum atomic E-state index is 0.187. The Hall–Kier alpha value is -1.59. The molecule has 1 aromatic carbocycles. The number of nitrogens with one attached hydrogen (secondary N) is 1. The molecular weight excluding hydrogens is 300 g/mol. The normalized spacial score (nSPS) is 20.4. The molecule has 1 N–H and O–H groups in total. The molecule has 2 fully saturated rings. The van der Waals surface area contributed by atoms with Crippen LogP contribution < -0.4 is 10.2 Å². The van der Waals surface area contributed by atoms with Gasteiger partial charge in [0, 0.05) is 51.4 Å². The van der Waals surface area contributed by atoms with Crippen molar-refractivity contribution < 1.29 is 4.79 Å². The molecular formula is C19H30N4O. The van der Waals surface area contributed by atoms with E-state index in [1.807, 2.05) is 4.90 Å². The van der Waals surface area contributed by atoms with Crippen molar-refractivity contribution in [2.45, 2.75) is 32.4 Å². The molecule has 2 aliphatic rings. The van der Waals surface area contributed by atoms with Crippen LogP contribution in [-0.2, 0) is 11.3 Å². The van der Waals surface area contributed by atoms with Gasteiger partial charge in [-0.15, -0.1) is 0 Å². The average molecular weight is 330 g/mol. The maximum atomic E-state index is 11.4. The molecule has 2 aliphatic heterocycles. The van der Waals surface area contributed by atoms with Gasteiger partial charge in [0.25, 0.3) is 0 Å². The van der Waals surface area contributed by atoms with Gasteiger partial charge < -0.3 is 15.1 Å². The van der Waals surface area contributed by atoms with Crippen LogP contribution in [0.2, 0.25) is 0 Å². The predicted molar refractivity (Wildman–Crippen MR) is 98.3 cm³/mol. The van der Waals surface area contributed by atoms with Crippen LogP contribution in [0.1, 0.15) is 25.3 Å². The smallest absolute Gasteiger partial charge is 0.219 e. The first-order valence-corrected chi connectivity index (χ1v) is 9.15. The molecule has 2 saturated heterocycles. The first kappa shape index (κ1) is 17.2. The van der Waals surface area contributed by atoms with Crippen LogP contribution in [0.15, 0.2) is 24.3 Å². The molecule has 0 radical (unpaired) electrons. The van der Waals surface area contributed by atoms with Gasteiger partial charge in [-0.3, -0.25) is 9.69 Å². The number of carbonyl (C=O) groups excluding carboxylic acids is 1. The van der Waals surface area contributed by atoms with Crippen molar-refractivity contribution in [3.05, 3.63) is 29.8 Å². The van der Waals surface area contributed by atoms with Crippen LogP contribution in [0.5, 0.6) is 0 Å². The van der Waals surface area contributed by atoms with Crippen molar-refractivity contribution in [1.29, 1.82) is 0 Å². The molecule has 1 aromatic rings. The van der Waals surface area contributed by atoms with E-state index in [0.29, 0.717) is 6.04 Å². The number of likely N-dealkylation sites (tertiary alicyclic amines) is 1. The lowest BCUT2D eigenvalue weighted by atomic mass is 10.0. The maximum absolute atomic E-state index is 11.4. The first-order valence-electron chi connectivity index (χ1n) is 9.15. The van der Waals surface area contributed by atoms with E-state index in [1.54, 1.807) is 6.92 Å². The van der Waals surface area contributed by atoms with E-state index in [9.17, 15) is 4.79 Å². The molecule has 0 atom stereocenters. The van der Waals surface area contributed by atoms with Crippen molar-refractivity contribution >= 4 is 11.6 Å². The van der Waals surface area contributed by atoms with E-state index in [0.717, 1.165) is 32.7 Å². The number of benzene rings is 1. The number of nitrogens with zero attached hydrogens (tertiary/aromatic N) is 3. The van der Waals surface area contributed by atoms with Gasteiger partial charge in [-0.1, -0.05) is 12.1 Å². The summed E-state index contributed by atoms with van der Waals surface area (Å²) in [5.41, 5.74) is 2.67. The van der Waals surface area contributed by atoms with Crippen LogP contribution in [0.4, 0.5) is 5.69 Å². The summed E-state index contributed by atoms with van der Waals surface area (Å²) in [7, 11) is 2.06. The zero-order chi connectivity index (χ0) is 16.9. The van der Waals surface area contributed by atoms with Crippen molar-refractivity contribution in [3.8, 4) is 0 Å². The van der Waals surface area contributed by atoms with Gasteiger partial charge in [0.1, 0.15) is 0 Å². The Kier molecular flexibility index (Phi) is 5.74. The minimum Gasteiger partial charge on any atom is -0.368 e. The van der Waals surface area contributed by atoms with E-state index >= 15 is 0 Å². The SMILES string of the molecule is CNC1CCN(Cc2ccc(N3CCN(C(C)=O)CC3)cc2)CC1. The summed E-state index contributed by atoms with van der Waals surface area (Å²) in [6.45, 7) is 8.58. The minimum absolute atomic E-state index is 0.187. The van der Waals surface area contributed by atoms with E-state index in [1.165, 1.54) is 37.2 Å². The zero-order valence-corrected chi connectivity index (χ0v) is 15.0. The van der Waals surface area contributed by atoms with Gasteiger partial charge >= 0.3 is 0 Å². The van der Waals surface area contributed by atoms with Crippen LogP contribution in [0, 0.1) is 0 Å². The highest BCUT2D eigenvalue weighted by Gasteiger charge is 2.19. The van der Waals surface area contributed by atoms with Gasteiger partial charge in [0.05, 0.1) is 0 Å². The monoisotopic (exact) mass is 330 g/mol. The average Bonchev–Trinajstić information content (AvgIpc) is 2.63. The third-order valence-corrected chi connectivity index (χ3v) is 5.43. The Balaban J connectivity index is 1.50. The second-order valence-corrected chi connectivity index (χ2v) is 7.00. The highest BCUT2D eigenvalue weighted by molar-refractivity contribution is 5.73. The largest absolute Gasteiger partial charge is 0.368 e. The Bertz CT molecular complexity index is 529. The third-order valence-electron chi connectivity index (χ3n) is 5.43. The first-order chi connectivity index (χ1) is 11.7. The summed E-state index contributed by atoms with van der Waals surface area (Å²) in [5, 5.41) is 3.39. The van der Waals surface area contributed by atoms with Crippen molar-refractivity contribution in [3.63, 3.8) is 0 Å². The lowest BCUT2D eigenvalue weighted by Crippen LogP contribution is -2.48. The fourth-order valence-corrected chi connectivity index (χ4v) is 3.73. The number of amides is 1. The molecule has 1 amide bonds. The van der Waals surface area contributed by atoms with Crippen molar-refractivity contribution in [2.75, 3.05) is 51.2 Å². The Morgan fingerprint density at radius 2 is 1.67 bits per heavy atom.